The second-order valence-electron chi connectivity index (χ2n) is 4.96. The van der Waals surface area contributed by atoms with Crippen LogP contribution in [0.4, 0.5) is 5.69 Å². The normalized spacial score (nSPS) is 13.1. The van der Waals surface area contributed by atoms with E-state index in [4.69, 9.17) is 5.26 Å². The van der Waals surface area contributed by atoms with E-state index in [0.29, 0.717) is 6.42 Å². The third-order valence-electron chi connectivity index (χ3n) is 3.20. The van der Waals surface area contributed by atoms with Crippen molar-refractivity contribution in [2.45, 2.75) is 36.5 Å². The van der Waals surface area contributed by atoms with Gasteiger partial charge in [-0.25, -0.2) is 4.98 Å². The van der Waals surface area contributed by atoms with Gasteiger partial charge in [0.15, 0.2) is 0 Å². The molecule has 5 nitrogen and oxygen atoms in total. The number of nitriles is 1. The zero-order chi connectivity index (χ0) is 15.9. The first-order valence-electron chi connectivity index (χ1n) is 7.02. The lowest BCUT2D eigenvalue weighted by molar-refractivity contribution is -0.118. The summed E-state index contributed by atoms with van der Waals surface area (Å²) in [6, 6.07) is 9.47. The number of nitrogens with zero attached hydrogens (tertiary/aromatic N) is 3. The van der Waals surface area contributed by atoms with Crippen LogP contribution in [0.3, 0.4) is 0 Å². The highest BCUT2D eigenvalue weighted by atomic mass is 32.2. The number of para-hydroxylation sites is 1. The summed E-state index contributed by atoms with van der Waals surface area (Å²) in [5.74, 6) is -0.0982. The molecule has 1 heterocycles. The largest absolute Gasteiger partial charge is 0.325 e. The number of hydrogen-bond donors (Lipinski definition) is 1. The van der Waals surface area contributed by atoms with Crippen molar-refractivity contribution >= 4 is 23.4 Å². The third kappa shape index (κ3) is 4.12. The monoisotopic (exact) mass is 314 g/mol. The fourth-order valence-electron chi connectivity index (χ4n) is 1.93. The third-order valence-corrected chi connectivity index (χ3v) is 4.38. The Kier molecular flexibility index (Phi) is 5.61. The van der Waals surface area contributed by atoms with Gasteiger partial charge >= 0.3 is 0 Å². The Hall–Kier alpha value is -2.26. The molecule has 2 aromatic rings. The van der Waals surface area contributed by atoms with E-state index in [1.807, 2.05) is 38.1 Å². The van der Waals surface area contributed by atoms with Gasteiger partial charge in [0.1, 0.15) is 6.04 Å². The maximum atomic E-state index is 12.4. The van der Waals surface area contributed by atoms with Crippen molar-refractivity contribution in [3.05, 3.63) is 43.0 Å². The van der Waals surface area contributed by atoms with Crippen LogP contribution in [0.2, 0.25) is 0 Å². The number of nitrogens with one attached hydrogen (secondary N) is 1. The predicted octanol–water partition coefficient (Wildman–Crippen LogP) is 3.48. The van der Waals surface area contributed by atoms with Crippen LogP contribution in [0.1, 0.15) is 26.3 Å². The molecule has 0 fully saturated rings. The van der Waals surface area contributed by atoms with Gasteiger partial charge in [-0.05, 0) is 19.1 Å². The first kappa shape index (κ1) is 16.1. The molecule has 1 aromatic heterocycles. The lowest BCUT2D eigenvalue weighted by Gasteiger charge is -2.16. The number of benzene rings is 1. The molecule has 1 amide bonds. The second-order valence-corrected chi connectivity index (χ2v) is 6.44. The number of imidazole rings is 1. The Morgan fingerprint density at radius 3 is 2.91 bits per heavy atom. The number of carbonyl (C=O) groups is 1. The molecule has 0 saturated carbocycles. The Morgan fingerprint density at radius 2 is 2.23 bits per heavy atom. The standard InChI is InChI=1S/C16H18N4OS/c1-12(7-8-17)22-15-6-4-3-5-14(15)19-16(21)13(2)20-10-9-18-11-20/h3-6,9-13H,7H2,1-2H3,(H,19,21)/t12-,13+/m0/s1. The van der Waals surface area contributed by atoms with Gasteiger partial charge in [-0.3, -0.25) is 4.79 Å². The van der Waals surface area contributed by atoms with Gasteiger partial charge in [0.2, 0.25) is 5.91 Å². The summed E-state index contributed by atoms with van der Waals surface area (Å²) < 4.78 is 1.75. The molecule has 1 aromatic carbocycles. The number of anilines is 1. The van der Waals surface area contributed by atoms with Crippen molar-refractivity contribution < 1.29 is 4.79 Å². The van der Waals surface area contributed by atoms with Crippen molar-refractivity contribution in [2.75, 3.05) is 5.32 Å². The highest BCUT2D eigenvalue weighted by Gasteiger charge is 2.16. The smallest absolute Gasteiger partial charge is 0.247 e. The van der Waals surface area contributed by atoms with Crippen LogP contribution in [-0.4, -0.2) is 20.7 Å². The molecular weight excluding hydrogens is 296 g/mol. The minimum Gasteiger partial charge on any atom is -0.325 e. The number of thioether (sulfide) groups is 1. The minimum absolute atomic E-state index is 0.0982. The molecule has 0 aliphatic heterocycles. The van der Waals surface area contributed by atoms with Crippen LogP contribution in [-0.2, 0) is 4.79 Å². The Balaban J connectivity index is 2.09. The molecule has 0 spiro atoms. The van der Waals surface area contributed by atoms with Crippen LogP contribution in [0.15, 0.2) is 47.9 Å². The minimum atomic E-state index is -0.336. The molecule has 0 bridgehead atoms. The Bertz CT molecular complexity index is 663. The van der Waals surface area contributed by atoms with Gasteiger partial charge in [0.25, 0.3) is 0 Å². The fourth-order valence-corrected chi connectivity index (χ4v) is 2.93. The number of amides is 1. The predicted molar refractivity (Wildman–Crippen MR) is 87.6 cm³/mol. The van der Waals surface area contributed by atoms with Crippen molar-refractivity contribution in [3.8, 4) is 6.07 Å². The van der Waals surface area contributed by atoms with E-state index in [1.54, 1.807) is 35.0 Å². The average Bonchev–Trinajstić information content (AvgIpc) is 3.03. The number of hydrogen-bond acceptors (Lipinski definition) is 4. The number of aromatic nitrogens is 2. The molecule has 1 N–H and O–H groups in total. The maximum absolute atomic E-state index is 12.4. The van der Waals surface area contributed by atoms with Gasteiger partial charge in [0.05, 0.1) is 18.1 Å². The summed E-state index contributed by atoms with van der Waals surface area (Å²) in [5, 5.41) is 11.9. The summed E-state index contributed by atoms with van der Waals surface area (Å²) in [5.41, 5.74) is 0.772. The molecule has 0 radical (unpaired) electrons. The van der Waals surface area contributed by atoms with Gasteiger partial charge < -0.3 is 9.88 Å². The molecule has 114 valence electrons. The van der Waals surface area contributed by atoms with Crippen LogP contribution < -0.4 is 5.32 Å². The summed E-state index contributed by atoms with van der Waals surface area (Å²) in [7, 11) is 0. The van der Waals surface area contributed by atoms with E-state index in [2.05, 4.69) is 16.4 Å². The first-order chi connectivity index (χ1) is 10.6. The van der Waals surface area contributed by atoms with E-state index < -0.39 is 0 Å². The highest BCUT2D eigenvalue weighted by Crippen LogP contribution is 2.31. The Labute approximate surface area is 134 Å². The van der Waals surface area contributed by atoms with E-state index in [-0.39, 0.29) is 17.2 Å². The van der Waals surface area contributed by atoms with Gasteiger partial charge in [0, 0.05) is 29.0 Å². The summed E-state index contributed by atoms with van der Waals surface area (Å²) in [6.45, 7) is 3.83. The quantitative estimate of drug-likeness (QED) is 0.829. The zero-order valence-corrected chi connectivity index (χ0v) is 13.4. The summed E-state index contributed by atoms with van der Waals surface area (Å²) in [4.78, 5) is 17.3. The molecule has 2 rings (SSSR count). The number of rotatable bonds is 6. The molecule has 0 unspecified atom stereocenters. The molecular formula is C16H18N4OS. The van der Waals surface area contributed by atoms with Crippen LogP contribution in [0, 0.1) is 11.3 Å². The SMILES string of the molecule is C[C@H](C(=O)Nc1ccccc1S[C@@H](C)CC#N)n1ccnc1. The lowest BCUT2D eigenvalue weighted by atomic mass is 10.2. The molecule has 2 atom stereocenters. The summed E-state index contributed by atoms with van der Waals surface area (Å²) in [6.07, 6.45) is 5.51. The zero-order valence-electron chi connectivity index (χ0n) is 12.6. The maximum Gasteiger partial charge on any atom is 0.247 e. The summed E-state index contributed by atoms with van der Waals surface area (Å²) >= 11 is 1.59. The second kappa shape index (κ2) is 7.66. The highest BCUT2D eigenvalue weighted by molar-refractivity contribution is 8.00. The van der Waals surface area contributed by atoms with Crippen LogP contribution in [0.25, 0.3) is 0 Å². The van der Waals surface area contributed by atoms with E-state index in [0.717, 1.165) is 10.6 Å². The molecule has 0 aliphatic carbocycles. The molecule has 22 heavy (non-hydrogen) atoms. The van der Waals surface area contributed by atoms with Crippen molar-refractivity contribution in [2.24, 2.45) is 0 Å². The molecule has 6 heteroatoms. The van der Waals surface area contributed by atoms with Gasteiger partial charge in [-0.15, -0.1) is 11.8 Å². The number of carbonyl (C=O) groups excluding carboxylic acids is 1. The van der Waals surface area contributed by atoms with E-state index in [1.165, 1.54) is 0 Å². The van der Waals surface area contributed by atoms with E-state index in [9.17, 15) is 4.79 Å². The topological polar surface area (TPSA) is 70.7 Å². The van der Waals surface area contributed by atoms with E-state index >= 15 is 0 Å². The molecule has 0 saturated heterocycles. The molecule has 0 aliphatic rings. The first-order valence-corrected chi connectivity index (χ1v) is 7.90. The fraction of sp³-hybridized carbons (Fsp3) is 0.312. The Morgan fingerprint density at radius 1 is 1.45 bits per heavy atom. The van der Waals surface area contributed by atoms with Crippen LogP contribution >= 0.6 is 11.8 Å². The van der Waals surface area contributed by atoms with Gasteiger partial charge in [-0.2, -0.15) is 5.26 Å². The van der Waals surface area contributed by atoms with Crippen LogP contribution in [0.5, 0.6) is 0 Å². The lowest BCUT2D eigenvalue weighted by Crippen LogP contribution is -2.23. The average molecular weight is 314 g/mol. The van der Waals surface area contributed by atoms with Crippen molar-refractivity contribution in [1.29, 1.82) is 5.26 Å². The van der Waals surface area contributed by atoms with Crippen molar-refractivity contribution in [1.82, 2.24) is 9.55 Å². The van der Waals surface area contributed by atoms with Gasteiger partial charge in [-0.1, -0.05) is 19.1 Å². The van der Waals surface area contributed by atoms with Crippen molar-refractivity contribution in [3.63, 3.8) is 0 Å².